The zero-order valence-corrected chi connectivity index (χ0v) is 10.8. The molecule has 0 bridgehead atoms. The number of rotatable bonds is 4. The maximum absolute atomic E-state index is 5.46. The molecule has 0 radical (unpaired) electrons. The summed E-state index contributed by atoms with van der Waals surface area (Å²) in [6.07, 6.45) is 6.40. The molecule has 0 fully saturated rings. The molecule has 16 heavy (non-hydrogen) atoms. The lowest BCUT2D eigenvalue weighted by Crippen LogP contribution is -2.30. The number of hydrogen-bond acceptors (Lipinski definition) is 2. The normalized spacial score (nSPS) is 14.5. The largest absolute Gasteiger partial charge is 0.297 e. The van der Waals surface area contributed by atoms with E-state index in [1.54, 1.807) is 0 Å². The third-order valence-electron chi connectivity index (χ3n) is 3.06. The maximum Gasteiger partial charge on any atom is 0.0688 e. The topological polar surface area (TPSA) is 29.9 Å². The maximum atomic E-state index is 5.46. The first-order valence-electron chi connectivity index (χ1n) is 5.73. The highest BCUT2D eigenvalue weighted by Gasteiger charge is 2.17. The van der Waals surface area contributed by atoms with Gasteiger partial charge in [-0.3, -0.25) is 10.00 Å². The number of terminal acetylenes is 1. The molecule has 1 aromatic rings. The van der Waals surface area contributed by atoms with E-state index in [1.807, 2.05) is 18.7 Å². The van der Waals surface area contributed by atoms with E-state index in [0.29, 0.717) is 0 Å². The number of hydrogen-bond donors (Lipinski definition) is 1. The van der Waals surface area contributed by atoms with E-state index in [4.69, 9.17) is 6.42 Å². The van der Waals surface area contributed by atoms with Gasteiger partial charge in [0.15, 0.2) is 0 Å². The van der Waals surface area contributed by atoms with Crippen LogP contribution in [0.3, 0.4) is 0 Å². The van der Waals surface area contributed by atoms with Crippen molar-refractivity contribution in [2.45, 2.75) is 46.2 Å². The first kappa shape index (κ1) is 12.8. The van der Waals surface area contributed by atoms with Crippen LogP contribution in [0.4, 0.5) is 0 Å². The molecule has 0 aliphatic heterocycles. The van der Waals surface area contributed by atoms with Crippen LogP contribution in [0.15, 0.2) is 0 Å². The Labute approximate surface area is 98.2 Å². The second-order valence-electron chi connectivity index (χ2n) is 4.22. The van der Waals surface area contributed by atoms with E-state index in [2.05, 4.69) is 37.1 Å². The molecule has 88 valence electrons. The molecule has 0 aliphatic carbocycles. The first-order valence-corrected chi connectivity index (χ1v) is 5.73. The highest BCUT2D eigenvalue weighted by Crippen LogP contribution is 2.21. The van der Waals surface area contributed by atoms with Crippen molar-refractivity contribution >= 4 is 0 Å². The Morgan fingerprint density at radius 3 is 2.50 bits per heavy atom. The van der Waals surface area contributed by atoms with E-state index in [0.717, 1.165) is 12.1 Å². The van der Waals surface area contributed by atoms with E-state index < -0.39 is 0 Å². The Balaban J connectivity index is 2.89. The predicted octanol–water partition coefficient (Wildman–Crippen LogP) is 2.10. The predicted molar refractivity (Wildman–Crippen MR) is 67.1 cm³/mol. The van der Waals surface area contributed by atoms with Crippen molar-refractivity contribution in [2.24, 2.45) is 7.05 Å². The molecule has 0 aromatic carbocycles. The van der Waals surface area contributed by atoms with Crippen LogP contribution in [0.1, 0.15) is 43.3 Å². The molecule has 2 unspecified atom stereocenters. The third kappa shape index (κ3) is 2.45. The van der Waals surface area contributed by atoms with Crippen molar-refractivity contribution < 1.29 is 0 Å². The van der Waals surface area contributed by atoms with Crippen LogP contribution < -0.4 is 5.32 Å². The molecular formula is C13H21N3. The number of nitrogens with zero attached hydrogens (tertiary/aromatic N) is 2. The van der Waals surface area contributed by atoms with Crippen LogP contribution in [-0.4, -0.2) is 15.8 Å². The molecule has 0 saturated carbocycles. The lowest BCUT2D eigenvalue weighted by atomic mass is 10.0. The third-order valence-corrected chi connectivity index (χ3v) is 3.06. The molecule has 1 N–H and O–H groups in total. The van der Waals surface area contributed by atoms with E-state index in [1.165, 1.54) is 11.3 Å². The summed E-state index contributed by atoms with van der Waals surface area (Å²) in [5.41, 5.74) is 3.53. The van der Waals surface area contributed by atoms with Crippen LogP contribution >= 0.6 is 0 Å². The summed E-state index contributed by atoms with van der Waals surface area (Å²) in [6.45, 7) is 8.35. The van der Waals surface area contributed by atoms with Gasteiger partial charge in [-0.1, -0.05) is 12.8 Å². The molecule has 0 aliphatic rings. The number of nitrogens with one attached hydrogen (secondary N) is 1. The number of aromatic nitrogens is 2. The van der Waals surface area contributed by atoms with Crippen LogP contribution in [0.25, 0.3) is 0 Å². The first-order chi connectivity index (χ1) is 7.51. The van der Waals surface area contributed by atoms with Gasteiger partial charge >= 0.3 is 0 Å². The minimum absolute atomic E-state index is 0.133. The van der Waals surface area contributed by atoms with E-state index in [9.17, 15) is 0 Å². The average molecular weight is 219 g/mol. The smallest absolute Gasteiger partial charge is 0.0688 e. The van der Waals surface area contributed by atoms with Crippen molar-refractivity contribution in [3.05, 3.63) is 17.0 Å². The van der Waals surface area contributed by atoms with Gasteiger partial charge in [-0.15, -0.1) is 6.42 Å². The van der Waals surface area contributed by atoms with Crippen LogP contribution in [0.5, 0.6) is 0 Å². The summed E-state index contributed by atoms with van der Waals surface area (Å²) >= 11 is 0. The lowest BCUT2D eigenvalue weighted by molar-refractivity contribution is 0.508. The summed E-state index contributed by atoms with van der Waals surface area (Å²) < 4.78 is 1.92. The van der Waals surface area contributed by atoms with E-state index in [-0.39, 0.29) is 12.1 Å². The molecule has 3 heteroatoms. The fourth-order valence-electron chi connectivity index (χ4n) is 2.09. The lowest BCUT2D eigenvalue weighted by Gasteiger charge is -2.18. The molecule has 0 amide bonds. The van der Waals surface area contributed by atoms with Crippen LogP contribution in [0, 0.1) is 26.2 Å². The van der Waals surface area contributed by atoms with Gasteiger partial charge in [-0.05, 0) is 27.2 Å². The highest BCUT2D eigenvalue weighted by molar-refractivity contribution is 5.28. The summed E-state index contributed by atoms with van der Waals surface area (Å²) in [5, 5.41) is 7.85. The second kappa shape index (κ2) is 5.18. The van der Waals surface area contributed by atoms with Crippen molar-refractivity contribution in [3.8, 4) is 12.3 Å². The van der Waals surface area contributed by atoms with Crippen molar-refractivity contribution in [2.75, 3.05) is 0 Å². The van der Waals surface area contributed by atoms with Gasteiger partial charge < -0.3 is 0 Å². The molecular weight excluding hydrogens is 198 g/mol. The van der Waals surface area contributed by atoms with Crippen molar-refractivity contribution in [1.82, 2.24) is 15.1 Å². The monoisotopic (exact) mass is 219 g/mol. The molecule has 1 heterocycles. The van der Waals surface area contributed by atoms with Crippen LogP contribution in [0.2, 0.25) is 0 Å². The van der Waals surface area contributed by atoms with Gasteiger partial charge in [0.25, 0.3) is 0 Å². The van der Waals surface area contributed by atoms with Gasteiger partial charge in [-0.25, -0.2) is 0 Å². The van der Waals surface area contributed by atoms with Crippen molar-refractivity contribution in [3.63, 3.8) is 0 Å². The van der Waals surface area contributed by atoms with Crippen LogP contribution in [-0.2, 0) is 7.05 Å². The summed E-state index contributed by atoms with van der Waals surface area (Å²) in [4.78, 5) is 0. The molecule has 0 saturated heterocycles. The molecule has 1 aromatic heterocycles. The second-order valence-corrected chi connectivity index (χ2v) is 4.22. The Morgan fingerprint density at radius 1 is 1.50 bits per heavy atom. The summed E-state index contributed by atoms with van der Waals surface area (Å²) in [6, 6.07) is 0.378. The molecule has 2 atom stereocenters. The zero-order valence-electron chi connectivity index (χ0n) is 10.8. The summed E-state index contributed by atoms with van der Waals surface area (Å²) in [5.74, 6) is 2.76. The minimum atomic E-state index is 0.133. The SMILES string of the molecule is C#CC(CC)NC(C)c1c(C)nn(C)c1C. The standard InChI is InChI=1S/C13H21N3/c1-7-12(8-2)14-9(3)13-10(4)15-16(6)11(13)5/h1,9,12,14H,8H2,2-6H3. The Bertz CT molecular complexity index is 398. The van der Waals surface area contributed by atoms with E-state index >= 15 is 0 Å². The zero-order chi connectivity index (χ0) is 12.3. The molecule has 1 rings (SSSR count). The number of aryl methyl sites for hydroxylation is 2. The van der Waals surface area contributed by atoms with Gasteiger partial charge in [-0.2, -0.15) is 5.10 Å². The highest BCUT2D eigenvalue weighted by atomic mass is 15.3. The van der Waals surface area contributed by atoms with Gasteiger partial charge in [0, 0.05) is 24.3 Å². The minimum Gasteiger partial charge on any atom is -0.297 e. The van der Waals surface area contributed by atoms with Crippen molar-refractivity contribution in [1.29, 1.82) is 0 Å². The Morgan fingerprint density at radius 2 is 2.12 bits per heavy atom. The van der Waals surface area contributed by atoms with Gasteiger partial charge in [0.05, 0.1) is 11.7 Å². The fourth-order valence-corrected chi connectivity index (χ4v) is 2.09. The fraction of sp³-hybridized carbons (Fsp3) is 0.615. The molecule has 3 nitrogen and oxygen atoms in total. The van der Waals surface area contributed by atoms with Gasteiger partial charge in [0.2, 0.25) is 0 Å². The Hall–Kier alpha value is -1.27. The summed E-state index contributed by atoms with van der Waals surface area (Å²) in [7, 11) is 1.97. The Kier molecular flexibility index (Phi) is 4.14. The molecule has 0 spiro atoms. The quantitative estimate of drug-likeness (QED) is 0.786. The van der Waals surface area contributed by atoms with Gasteiger partial charge in [0.1, 0.15) is 0 Å². The average Bonchev–Trinajstić information content (AvgIpc) is 2.49.